The second kappa shape index (κ2) is 5.72. The summed E-state index contributed by atoms with van der Waals surface area (Å²) in [6.45, 7) is -0.0467. The van der Waals surface area contributed by atoms with Crippen molar-refractivity contribution in [2.45, 2.75) is 24.8 Å². The first-order chi connectivity index (χ1) is 9.04. The van der Waals surface area contributed by atoms with Crippen molar-refractivity contribution < 1.29 is 14.3 Å². The van der Waals surface area contributed by atoms with E-state index in [1.807, 2.05) is 0 Å². The Morgan fingerprint density at radius 2 is 2.26 bits per heavy atom. The molecule has 1 aliphatic carbocycles. The standard InChI is InChI=1S/C14H15ClFNO2/c15-11-8-10(2-4-12(11)16)3-5-13(19)17-14(9-18)6-1-7-14/h2-5,8,18H,1,6-7,9H2,(H,17,19)/b5-3+. The zero-order valence-corrected chi connectivity index (χ0v) is 11.1. The largest absolute Gasteiger partial charge is 0.394 e. The van der Waals surface area contributed by atoms with Gasteiger partial charge in [0.2, 0.25) is 5.91 Å². The lowest BCUT2D eigenvalue weighted by atomic mass is 9.77. The van der Waals surface area contributed by atoms with Crippen LogP contribution in [0.5, 0.6) is 0 Å². The fourth-order valence-electron chi connectivity index (χ4n) is 2.02. The SMILES string of the molecule is O=C(/C=C/c1ccc(F)c(Cl)c1)NC1(CO)CCC1. The number of carbonyl (C=O) groups excluding carboxylic acids is 1. The first-order valence-corrected chi connectivity index (χ1v) is 6.49. The quantitative estimate of drug-likeness (QED) is 0.834. The van der Waals surface area contributed by atoms with E-state index < -0.39 is 11.4 Å². The first kappa shape index (κ1) is 14.0. The molecular weight excluding hydrogens is 269 g/mol. The molecule has 0 saturated heterocycles. The molecule has 0 aliphatic heterocycles. The minimum Gasteiger partial charge on any atom is -0.394 e. The van der Waals surface area contributed by atoms with Gasteiger partial charge in [0.05, 0.1) is 17.2 Å². The summed E-state index contributed by atoms with van der Waals surface area (Å²) in [5, 5.41) is 12.1. The molecule has 0 spiro atoms. The number of aliphatic hydroxyl groups is 1. The van der Waals surface area contributed by atoms with Crippen LogP contribution in [0.3, 0.4) is 0 Å². The lowest BCUT2D eigenvalue weighted by molar-refractivity contribution is -0.120. The van der Waals surface area contributed by atoms with E-state index in [0.29, 0.717) is 5.56 Å². The lowest BCUT2D eigenvalue weighted by Crippen LogP contribution is -2.55. The highest BCUT2D eigenvalue weighted by Gasteiger charge is 2.37. The van der Waals surface area contributed by atoms with Crippen LogP contribution < -0.4 is 5.32 Å². The molecule has 1 aromatic rings. The molecule has 1 aromatic carbocycles. The Labute approximate surface area is 116 Å². The van der Waals surface area contributed by atoms with Crippen LogP contribution in [0.4, 0.5) is 4.39 Å². The Hall–Kier alpha value is -1.39. The molecule has 0 aromatic heterocycles. The third-order valence-electron chi connectivity index (χ3n) is 3.37. The maximum atomic E-state index is 13.0. The minimum absolute atomic E-state index is 0.0216. The van der Waals surface area contributed by atoms with Crippen LogP contribution in [0, 0.1) is 5.82 Å². The predicted molar refractivity (Wildman–Crippen MR) is 72.3 cm³/mol. The number of nitrogens with one attached hydrogen (secondary N) is 1. The van der Waals surface area contributed by atoms with Crippen molar-refractivity contribution in [2.24, 2.45) is 0 Å². The number of rotatable bonds is 4. The normalized spacial score (nSPS) is 17.2. The molecule has 2 N–H and O–H groups in total. The summed E-state index contributed by atoms with van der Waals surface area (Å²) in [6.07, 6.45) is 5.53. The molecule has 2 rings (SSSR count). The summed E-state index contributed by atoms with van der Waals surface area (Å²) in [5.74, 6) is -0.758. The van der Waals surface area contributed by atoms with Gasteiger partial charge >= 0.3 is 0 Å². The third kappa shape index (κ3) is 3.33. The maximum absolute atomic E-state index is 13.0. The summed E-state index contributed by atoms with van der Waals surface area (Å²) in [6, 6.07) is 4.24. The summed E-state index contributed by atoms with van der Waals surface area (Å²) in [5.41, 5.74) is 0.190. The van der Waals surface area contributed by atoms with Crippen molar-refractivity contribution in [1.82, 2.24) is 5.32 Å². The van der Waals surface area contributed by atoms with Gasteiger partial charge in [0.25, 0.3) is 0 Å². The molecule has 0 bridgehead atoms. The Morgan fingerprint density at radius 3 is 2.79 bits per heavy atom. The zero-order chi connectivity index (χ0) is 13.9. The van der Waals surface area contributed by atoms with Crippen LogP contribution >= 0.6 is 11.6 Å². The van der Waals surface area contributed by atoms with E-state index in [9.17, 15) is 14.3 Å². The van der Waals surface area contributed by atoms with E-state index in [1.165, 1.54) is 24.3 Å². The highest BCUT2D eigenvalue weighted by atomic mass is 35.5. The van der Waals surface area contributed by atoms with Gasteiger partial charge in [0, 0.05) is 6.08 Å². The van der Waals surface area contributed by atoms with Crippen LogP contribution in [-0.4, -0.2) is 23.2 Å². The Kier molecular flexibility index (Phi) is 4.22. The smallest absolute Gasteiger partial charge is 0.244 e. The summed E-state index contributed by atoms with van der Waals surface area (Å²) in [7, 11) is 0. The van der Waals surface area contributed by atoms with Gasteiger partial charge in [-0.2, -0.15) is 0 Å². The number of hydrogen-bond acceptors (Lipinski definition) is 2. The van der Waals surface area contributed by atoms with Gasteiger partial charge in [-0.05, 0) is 43.0 Å². The molecule has 1 aliphatic rings. The monoisotopic (exact) mass is 283 g/mol. The van der Waals surface area contributed by atoms with Crippen molar-refractivity contribution >= 4 is 23.6 Å². The Bertz CT molecular complexity index is 507. The fraction of sp³-hybridized carbons (Fsp3) is 0.357. The third-order valence-corrected chi connectivity index (χ3v) is 3.66. The zero-order valence-electron chi connectivity index (χ0n) is 10.3. The number of hydrogen-bond donors (Lipinski definition) is 2. The molecule has 0 heterocycles. The summed E-state index contributed by atoms with van der Waals surface area (Å²) in [4.78, 5) is 11.7. The van der Waals surface area contributed by atoms with Crippen LogP contribution in [0.2, 0.25) is 5.02 Å². The van der Waals surface area contributed by atoms with Gasteiger partial charge in [-0.25, -0.2) is 4.39 Å². The number of amides is 1. The van der Waals surface area contributed by atoms with E-state index in [-0.39, 0.29) is 17.5 Å². The van der Waals surface area contributed by atoms with Crippen molar-refractivity contribution in [3.05, 3.63) is 40.7 Å². The second-order valence-corrected chi connectivity index (χ2v) is 5.20. The van der Waals surface area contributed by atoms with Crippen LogP contribution in [0.25, 0.3) is 6.08 Å². The molecule has 1 saturated carbocycles. The molecule has 102 valence electrons. The van der Waals surface area contributed by atoms with E-state index >= 15 is 0 Å². The van der Waals surface area contributed by atoms with E-state index in [2.05, 4.69) is 5.32 Å². The summed E-state index contributed by atoms with van der Waals surface area (Å²) < 4.78 is 13.0. The van der Waals surface area contributed by atoms with Gasteiger partial charge in [-0.1, -0.05) is 17.7 Å². The van der Waals surface area contributed by atoms with E-state index in [0.717, 1.165) is 19.3 Å². The van der Waals surface area contributed by atoms with Gasteiger partial charge in [-0.15, -0.1) is 0 Å². The van der Waals surface area contributed by atoms with Crippen molar-refractivity contribution in [2.75, 3.05) is 6.61 Å². The molecule has 1 fully saturated rings. The average Bonchev–Trinajstić information content (AvgIpc) is 2.35. The fourth-order valence-corrected chi connectivity index (χ4v) is 2.21. The van der Waals surface area contributed by atoms with Crippen molar-refractivity contribution in [3.63, 3.8) is 0 Å². The van der Waals surface area contributed by atoms with Gasteiger partial charge in [0.1, 0.15) is 5.82 Å². The van der Waals surface area contributed by atoms with E-state index in [1.54, 1.807) is 6.08 Å². The highest BCUT2D eigenvalue weighted by molar-refractivity contribution is 6.30. The first-order valence-electron chi connectivity index (χ1n) is 6.11. The Balaban J connectivity index is 1.98. The number of aliphatic hydroxyl groups excluding tert-OH is 1. The molecule has 0 unspecified atom stereocenters. The maximum Gasteiger partial charge on any atom is 0.244 e. The van der Waals surface area contributed by atoms with Crippen molar-refractivity contribution in [3.8, 4) is 0 Å². The molecule has 3 nitrogen and oxygen atoms in total. The molecule has 0 radical (unpaired) electrons. The topological polar surface area (TPSA) is 49.3 Å². The number of carbonyl (C=O) groups is 1. The van der Waals surface area contributed by atoms with Gasteiger partial charge in [0.15, 0.2) is 0 Å². The molecule has 0 atom stereocenters. The predicted octanol–water partition coefficient (Wildman–Crippen LogP) is 2.52. The Morgan fingerprint density at radius 1 is 1.53 bits per heavy atom. The van der Waals surface area contributed by atoms with Gasteiger partial charge < -0.3 is 10.4 Å². The van der Waals surface area contributed by atoms with E-state index in [4.69, 9.17) is 11.6 Å². The lowest BCUT2D eigenvalue weighted by Gasteiger charge is -2.40. The number of halogens is 2. The minimum atomic E-state index is -0.489. The van der Waals surface area contributed by atoms with Crippen LogP contribution in [0.15, 0.2) is 24.3 Å². The van der Waals surface area contributed by atoms with Crippen LogP contribution in [0.1, 0.15) is 24.8 Å². The highest BCUT2D eigenvalue weighted by Crippen LogP contribution is 2.31. The second-order valence-electron chi connectivity index (χ2n) is 4.79. The van der Waals surface area contributed by atoms with Gasteiger partial charge in [-0.3, -0.25) is 4.79 Å². The molecule has 1 amide bonds. The summed E-state index contributed by atoms with van der Waals surface area (Å²) >= 11 is 5.65. The molecule has 19 heavy (non-hydrogen) atoms. The molecular formula is C14H15ClFNO2. The average molecular weight is 284 g/mol. The van der Waals surface area contributed by atoms with Crippen LogP contribution in [-0.2, 0) is 4.79 Å². The number of benzene rings is 1. The molecule has 5 heteroatoms. The van der Waals surface area contributed by atoms with Crippen molar-refractivity contribution in [1.29, 1.82) is 0 Å².